The standard InChI is InChI=1S/C27H24ClN5O5S/c28-22-8-12-25(13-9-22)39(36,37)33(18-20-5-2-1-3-6-20)19-24-11-10-23(38-24)17-31-32-27(35)26(34)30-16-21-7-4-14-29-15-21/h1-15,17H,16,18-19H2,(H,30,34)(H,32,35)/b31-17+. The van der Waals surface area contributed by atoms with Crippen molar-refractivity contribution in [2.45, 2.75) is 24.5 Å². The van der Waals surface area contributed by atoms with Crippen LogP contribution in [0.25, 0.3) is 0 Å². The molecule has 0 bridgehead atoms. The Bertz CT molecular complexity index is 1540. The van der Waals surface area contributed by atoms with Gasteiger partial charge in [-0.05, 0) is 53.6 Å². The maximum absolute atomic E-state index is 13.4. The smallest absolute Gasteiger partial charge is 0.329 e. The Balaban J connectivity index is 1.40. The van der Waals surface area contributed by atoms with E-state index in [9.17, 15) is 18.0 Å². The fraction of sp³-hybridized carbons (Fsp3) is 0.111. The molecule has 2 heterocycles. The first kappa shape index (κ1) is 27.7. The number of halogens is 1. The Morgan fingerprint density at radius 1 is 0.923 bits per heavy atom. The zero-order valence-corrected chi connectivity index (χ0v) is 22.1. The number of furan rings is 1. The van der Waals surface area contributed by atoms with E-state index in [0.29, 0.717) is 10.8 Å². The van der Waals surface area contributed by atoms with Crippen molar-refractivity contribution < 1.29 is 22.4 Å². The quantitative estimate of drug-likeness (QED) is 0.172. The van der Waals surface area contributed by atoms with Gasteiger partial charge >= 0.3 is 11.8 Å². The third kappa shape index (κ3) is 7.84. The van der Waals surface area contributed by atoms with Gasteiger partial charge in [-0.25, -0.2) is 13.8 Å². The van der Waals surface area contributed by atoms with Crippen molar-refractivity contribution in [1.82, 2.24) is 20.0 Å². The van der Waals surface area contributed by atoms with Crippen LogP contribution < -0.4 is 10.7 Å². The van der Waals surface area contributed by atoms with Crippen LogP contribution in [0.4, 0.5) is 0 Å². The van der Waals surface area contributed by atoms with E-state index in [2.05, 4.69) is 20.8 Å². The van der Waals surface area contributed by atoms with E-state index in [1.165, 1.54) is 34.8 Å². The molecule has 2 amide bonds. The zero-order valence-electron chi connectivity index (χ0n) is 20.5. The molecule has 39 heavy (non-hydrogen) atoms. The first-order valence-electron chi connectivity index (χ1n) is 11.7. The second kappa shape index (κ2) is 13.0. The van der Waals surface area contributed by atoms with Crippen LogP contribution in [0.15, 0.2) is 106 Å². The maximum atomic E-state index is 13.4. The molecule has 4 rings (SSSR count). The number of nitrogens with zero attached hydrogens (tertiary/aromatic N) is 3. The largest absolute Gasteiger partial charge is 0.459 e. The number of aromatic nitrogens is 1. The minimum atomic E-state index is -3.89. The first-order valence-corrected chi connectivity index (χ1v) is 13.5. The van der Waals surface area contributed by atoms with E-state index in [1.807, 2.05) is 30.3 Å². The van der Waals surface area contributed by atoms with Gasteiger partial charge in [0.15, 0.2) is 0 Å². The number of carbonyl (C=O) groups is 2. The van der Waals surface area contributed by atoms with Gasteiger partial charge < -0.3 is 9.73 Å². The number of pyridine rings is 1. The van der Waals surface area contributed by atoms with E-state index < -0.39 is 21.8 Å². The van der Waals surface area contributed by atoms with Crippen LogP contribution in [0.1, 0.15) is 22.6 Å². The van der Waals surface area contributed by atoms with Gasteiger partial charge in [-0.15, -0.1) is 0 Å². The van der Waals surface area contributed by atoms with Crippen LogP contribution in [-0.4, -0.2) is 35.7 Å². The number of hydrazone groups is 1. The summed E-state index contributed by atoms with van der Waals surface area (Å²) in [6, 6.07) is 21.8. The lowest BCUT2D eigenvalue weighted by molar-refractivity contribution is -0.139. The maximum Gasteiger partial charge on any atom is 0.329 e. The Morgan fingerprint density at radius 3 is 2.38 bits per heavy atom. The fourth-order valence-electron chi connectivity index (χ4n) is 3.46. The highest BCUT2D eigenvalue weighted by Gasteiger charge is 2.26. The monoisotopic (exact) mass is 565 g/mol. The summed E-state index contributed by atoms with van der Waals surface area (Å²) < 4.78 is 33.9. The third-order valence-corrected chi connectivity index (χ3v) is 7.47. The Morgan fingerprint density at radius 2 is 1.67 bits per heavy atom. The summed E-state index contributed by atoms with van der Waals surface area (Å²) in [6.45, 7) is 0.195. The molecule has 200 valence electrons. The summed E-state index contributed by atoms with van der Waals surface area (Å²) in [5.74, 6) is -1.21. The lowest BCUT2D eigenvalue weighted by atomic mass is 10.2. The summed E-state index contributed by atoms with van der Waals surface area (Å²) in [5.41, 5.74) is 3.67. The number of sulfonamides is 1. The molecule has 2 aromatic carbocycles. The van der Waals surface area contributed by atoms with E-state index in [4.69, 9.17) is 16.0 Å². The molecule has 2 N–H and O–H groups in total. The van der Waals surface area contributed by atoms with Crippen molar-refractivity contribution >= 4 is 39.7 Å². The third-order valence-electron chi connectivity index (χ3n) is 5.41. The van der Waals surface area contributed by atoms with Gasteiger partial charge in [-0.1, -0.05) is 48.0 Å². The van der Waals surface area contributed by atoms with E-state index in [1.54, 1.807) is 36.7 Å². The molecule has 2 aromatic heterocycles. The Kier molecular flexibility index (Phi) is 9.21. The molecular weight excluding hydrogens is 542 g/mol. The molecule has 0 spiro atoms. The number of nitrogens with one attached hydrogen (secondary N) is 2. The van der Waals surface area contributed by atoms with Gasteiger partial charge in [0.05, 0.1) is 17.7 Å². The van der Waals surface area contributed by atoms with Crippen LogP contribution in [0.5, 0.6) is 0 Å². The number of benzene rings is 2. The molecule has 0 atom stereocenters. The summed E-state index contributed by atoms with van der Waals surface area (Å²) in [5, 5.41) is 6.64. The van der Waals surface area contributed by atoms with Gasteiger partial charge in [0.2, 0.25) is 10.0 Å². The summed E-state index contributed by atoms with van der Waals surface area (Å²) in [6.07, 6.45) is 4.39. The highest BCUT2D eigenvalue weighted by atomic mass is 35.5. The highest BCUT2D eigenvalue weighted by molar-refractivity contribution is 7.89. The Hall–Kier alpha value is -4.32. The summed E-state index contributed by atoms with van der Waals surface area (Å²) in [7, 11) is -3.89. The number of rotatable bonds is 10. The zero-order chi connectivity index (χ0) is 27.7. The van der Waals surface area contributed by atoms with Crippen LogP contribution in [0.2, 0.25) is 5.02 Å². The number of carbonyl (C=O) groups excluding carboxylic acids is 2. The predicted octanol–water partition coefficient (Wildman–Crippen LogP) is 3.49. The van der Waals surface area contributed by atoms with Crippen molar-refractivity contribution in [2.24, 2.45) is 5.10 Å². The SMILES string of the molecule is O=C(NCc1cccnc1)C(=O)N/N=C/c1ccc(CN(Cc2ccccc2)S(=O)(=O)c2ccc(Cl)cc2)o1. The second-order valence-corrected chi connectivity index (χ2v) is 10.6. The molecule has 4 aromatic rings. The number of amides is 2. The predicted molar refractivity (Wildman–Crippen MR) is 145 cm³/mol. The molecule has 10 nitrogen and oxygen atoms in total. The molecule has 0 fully saturated rings. The average Bonchev–Trinajstić information content (AvgIpc) is 3.39. The van der Waals surface area contributed by atoms with Crippen molar-refractivity contribution in [3.63, 3.8) is 0 Å². The van der Waals surface area contributed by atoms with Crippen LogP contribution in [0, 0.1) is 0 Å². The minimum absolute atomic E-state index is 0.0587. The molecule has 0 saturated heterocycles. The van der Waals surface area contributed by atoms with Gasteiger partial charge in [-0.2, -0.15) is 9.41 Å². The molecule has 0 saturated carbocycles. The number of hydrogen-bond donors (Lipinski definition) is 2. The van der Waals surface area contributed by atoms with Crippen molar-refractivity contribution in [3.05, 3.63) is 119 Å². The van der Waals surface area contributed by atoms with E-state index >= 15 is 0 Å². The number of hydrogen-bond acceptors (Lipinski definition) is 7. The van der Waals surface area contributed by atoms with Gasteiger partial charge in [-0.3, -0.25) is 14.6 Å². The van der Waals surface area contributed by atoms with Crippen molar-refractivity contribution in [1.29, 1.82) is 0 Å². The normalized spacial score (nSPS) is 11.5. The molecular formula is C27H24ClN5O5S. The van der Waals surface area contributed by atoms with E-state index in [-0.39, 0.29) is 30.3 Å². The molecule has 0 unspecified atom stereocenters. The molecule has 0 aliphatic heterocycles. The molecule has 0 aliphatic carbocycles. The van der Waals surface area contributed by atoms with Crippen LogP contribution in [-0.2, 0) is 39.2 Å². The van der Waals surface area contributed by atoms with Crippen molar-refractivity contribution in [2.75, 3.05) is 0 Å². The van der Waals surface area contributed by atoms with Gasteiger partial charge in [0.1, 0.15) is 11.5 Å². The van der Waals surface area contributed by atoms with E-state index in [0.717, 1.165) is 11.1 Å². The fourth-order valence-corrected chi connectivity index (χ4v) is 4.98. The Labute approximate surface area is 230 Å². The topological polar surface area (TPSA) is 134 Å². The summed E-state index contributed by atoms with van der Waals surface area (Å²) in [4.78, 5) is 28.0. The molecule has 0 aliphatic rings. The van der Waals surface area contributed by atoms with Crippen LogP contribution >= 0.6 is 11.6 Å². The lowest BCUT2D eigenvalue weighted by Crippen LogP contribution is -2.37. The second-order valence-electron chi connectivity index (χ2n) is 8.26. The molecule has 0 radical (unpaired) electrons. The summed E-state index contributed by atoms with van der Waals surface area (Å²) >= 11 is 5.94. The van der Waals surface area contributed by atoms with Gasteiger partial charge in [0.25, 0.3) is 0 Å². The highest BCUT2D eigenvalue weighted by Crippen LogP contribution is 2.23. The van der Waals surface area contributed by atoms with Gasteiger partial charge in [0, 0.05) is 30.5 Å². The minimum Gasteiger partial charge on any atom is -0.459 e. The molecule has 12 heteroatoms. The average molecular weight is 566 g/mol. The van der Waals surface area contributed by atoms with Crippen LogP contribution in [0.3, 0.4) is 0 Å². The first-order chi connectivity index (χ1) is 18.8. The lowest BCUT2D eigenvalue weighted by Gasteiger charge is -2.21. The van der Waals surface area contributed by atoms with Crippen molar-refractivity contribution in [3.8, 4) is 0 Å².